The highest BCUT2D eigenvalue weighted by Crippen LogP contribution is 2.46. The summed E-state index contributed by atoms with van der Waals surface area (Å²) >= 11 is 11.6. The average molecular weight is 410 g/mol. The second-order valence-corrected chi connectivity index (χ2v) is 6.88. The van der Waals surface area contributed by atoms with Crippen LogP contribution in [0.25, 0.3) is 0 Å². The molecule has 3 rings (SSSR count). The normalized spacial score (nSPS) is 14.7. The Morgan fingerprint density at radius 1 is 1.31 bits per heavy atom. The molecular formula is C15H16Cl2F3N5O. The summed E-state index contributed by atoms with van der Waals surface area (Å²) < 4.78 is 41.8. The van der Waals surface area contributed by atoms with Crippen molar-refractivity contribution in [2.24, 2.45) is 0 Å². The fourth-order valence-corrected chi connectivity index (χ4v) is 3.17. The number of aryl methyl sites for hydroxylation is 1. The van der Waals surface area contributed by atoms with Gasteiger partial charge in [-0.05, 0) is 12.8 Å². The molecule has 1 saturated carbocycles. The Morgan fingerprint density at radius 2 is 2.04 bits per heavy atom. The molecule has 0 bridgehead atoms. The Balaban J connectivity index is 1.56. The number of aromatic nitrogens is 4. The number of carbonyl (C=O) groups excluding carboxylic acids is 1. The summed E-state index contributed by atoms with van der Waals surface area (Å²) in [6.07, 6.45) is 0.0688. The highest BCUT2D eigenvalue weighted by Gasteiger charge is 2.41. The van der Waals surface area contributed by atoms with Crippen molar-refractivity contribution in [1.29, 1.82) is 0 Å². The molecule has 142 valence electrons. The van der Waals surface area contributed by atoms with Crippen molar-refractivity contribution in [2.45, 2.75) is 44.4 Å². The zero-order chi connectivity index (χ0) is 18.9. The molecular weight excluding hydrogens is 394 g/mol. The van der Waals surface area contributed by atoms with Crippen LogP contribution < -0.4 is 5.32 Å². The van der Waals surface area contributed by atoms with E-state index in [1.165, 1.54) is 10.9 Å². The summed E-state index contributed by atoms with van der Waals surface area (Å²) in [5, 5.41) is 10.4. The van der Waals surface area contributed by atoms with Gasteiger partial charge in [0.25, 0.3) is 0 Å². The van der Waals surface area contributed by atoms with E-state index in [0.29, 0.717) is 23.8 Å². The van der Waals surface area contributed by atoms with Crippen LogP contribution in [0.15, 0.2) is 12.4 Å². The molecule has 0 radical (unpaired) electrons. The average Bonchev–Trinajstić information content (AvgIpc) is 3.21. The monoisotopic (exact) mass is 409 g/mol. The topological polar surface area (TPSA) is 64.7 Å². The summed E-state index contributed by atoms with van der Waals surface area (Å²) in [5.41, 5.74) is -0.713. The maximum absolute atomic E-state index is 13.0. The Kier molecular flexibility index (Phi) is 5.47. The standard InChI is InChI=1S/C15H16Cl2F3N5O/c16-10-7-22-24(8-10)6-4-21-11(26)3-5-25-13(9-1-2-9)12(17)14(23-25)15(18,19)20/h7-9H,1-6H2,(H,21,26). The van der Waals surface area contributed by atoms with E-state index in [1.54, 1.807) is 10.9 Å². The van der Waals surface area contributed by atoms with Gasteiger partial charge in [0.05, 0.1) is 35.0 Å². The van der Waals surface area contributed by atoms with Crippen LogP contribution in [-0.2, 0) is 24.1 Å². The fraction of sp³-hybridized carbons (Fsp3) is 0.533. The Hall–Kier alpha value is -1.74. The van der Waals surface area contributed by atoms with Crippen LogP contribution in [-0.4, -0.2) is 32.0 Å². The molecule has 1 amide bonds. The minimum Gasteiger partial charge on any atom is -0.354 e. The highest BCUT2D eigenvalue weighted by atomic mass is 35.5. The number of halogens is 5. The third-order valence-corrected chi connectivity index (χ3v) is 4.55. The smallest absolute Gasteiger partial charge is 0.354 e. The number of alkyl halides is 3. The molecule has 0 unspecified atom stereocenters. The van der Waals surface area contributed by atoms with Crippen molar-refractivity contribution in [2.75, 3.05) is 6.54 Å². The van der Waals surface area contributed by atoms with Crippen LogP contribution in [0.1, 0.15) is 36.6 Å². The lowest BCUT2D eigenvalue weighted by molar-refractivity contribution is -0.141. The maximum atomic E-state index is 13.0. The molecule has 2 aromatic rings. The van der Waals surface area contributed by atoms with E-state index >= 15 is 0 Å². The van der Waals surface area contributed by atoms with E-state index < -0.39 is 11.9 Å². The Bertz CT molecular complexity index is 798. The minimum atomic E-state index is -4.61. The van der Waals surface area contributed by atoms with Crippen molar-refractivity contribution in [1.82, 2.24) is 24.9 Å². The summed E-state index contributed by atoms with van der Waals surface area (Å²) in [5.74, 6) is -0.302. The van der Waals surface area contributed by atoms with Gasteiger partial charge >= 0.3 is 6.18 Å². The van der Waals surface area contributed by atoms with Crippen molar-refractivity contribution < 1.29 is 18.0 Å². The molecule has 1 N–H and O–H groups in total. The van der Waals surface area contributed by atoms with Crippen LogP contribution >= 0.6 is 23.2 Å². The maximum Gasteiger partial charge on any atom is 0.436 e. The predicted molar refractivity (Wildman–Crippen MR) is 89.1 cm³/mol. The van der Waals surface area contributed by atoms with Crippen LogP contribution in [0.5, 0.6) is 0 Å². The molecule has 2 heterocycles. The van der Waals surface area contributed by atoms with E-state index in [9.17, 15) is 18.0 Å². The summed E-state index contributed by atoms with van der Waals surface area (Å²) in [6, 6.07) is 0. The van der Waals surface area contributed by atoms with Crippen molar-refractivity contribution in [3.63, 3.8) is 0 Å². The molecule has 0 saturated heterocycles. The zero-order valence-electron chi connectivity index (χ0n) is 13.6. The van der Waals surface area contributed by atoms with Crippen molar-refractivity contribution in [3.8, 4) is 0 Å². The van der Waals surface area contributed by atoms with Gasteiger partial charge < -0.3 is 5.32 Å². The first kappa shape index (κ1) is 19.0. The second-order valence-electron chi connectivity index (χ2n) is 6.06. The molecule has 11 heteroatoms. The molecule has 26 heavy (non-hydrogen) atoms. The quantitative estimate of drug-likeness (QED) is 0.760. The molecule has 0 atom stereocenters. The van der Waals surface area contributed by atoms with Crippen LogP contribution in [0.4, 0.5) is 13.2 Å². The third-order valence-electron chi connectivity index (χ3n) is 3.98. The van der Waals surface area contributed by atoms with Gasteiger partial charge in [-0.2, -0.15) is 23.4 Å². The van der Waals surface area contributed by atoms with Gasteiger partial charge in [0, 0.05) is 25.1 Å². The number of hydrogen-bond acceptors (Lipinski definition) is 3. The lowest BCUT2D eigenvalue weighted by atomic mass is 10.2. The largest absolute Gasteiger partial charge is 0.436 e. The van der Waals surface area contributed by atoms with Crippen LogP contribution in [0.3, 0.4) is 0 Å². The molecule has 0 aliphatic heterocycles. The lowest BCUT2D eigenvalue weighted by Gasteiger charge is -2.08. The van der Waals surface area contributed by atoms with Gasteiger partial charge in [0.15, 0.2) is 5.69 Å². The Labute approximate surface area is 157 Å². The predicted octanol–water partition coefficient (Wildman–Crippen LogP) is 3.49. The summed E-state index contributed by atoms with van der Waals surface area (Å²) in [4.78, 5) is 11.9. The molecule has 2 aromatic heterocycles. The summed E-state index contributed by atoms with van der Waals surface area (Å²) in [6.45, 7) is 0.818. The van der Waals surface area contributed by atoms with E-state index in [2.05, 4.69) is 15.5 Å². The van der Waals surface area contributed by atoms with E-state index in [4.69, 9.17) is 23.2 Å². The van der Waals surface area contributed by atoms with Gasteiger partial charge in [0.2, 0.25) is 5.91 Å². The Morgan fingerprint density at radius 3 is 2.62 bits per heavy atom. The van der Waals surface area contributed by atoms with Crippen LogP contribution in [0, 0.1) is 0 Å². The number of amides is 1. The third kappa shape index (κ3) is 4.50. The fourth-order valence-electron chi connectivity index (χ4n) is 2.62. The number of nitrogens with one attached hydrogen (secondary N) is 1. The SMILES string of the molecule is O=C(CCn1nc(C(F)(F)F)c(Cl)c1C1CC1)NCCn1cc(Cl)cn1. The van der Waals surface area contributed by atoms with E-state index in [0.717, 1.165) is 12.8 Å². The van der Waals surface area contributed by atoms with Gasteiger partial charge in [-0.1, -0.05) is 23.2 Å². The first-order valence-electron chi connectivity index (χ1n) is 8.03. The van der Waals surface area contributed by atoms with Crippen molar-refractivity contribution >= 4 is 29.1 Å². The second kappa shape index (κ2) is 7.48. The van der Waals surface area contributed by atoms with Crippen LogP contribution in [0.2, 0.25) is 10.0 Å². The van der Waals surface area contributed by atoms with Gasteiger partial charge in [-0.3, -0.25) is 14.2 Å². The van der Waals surface area contributed by atoms with Gasteiger partial charge in [-0.25, -0.2) is 0 Å². The molecule has 1 aliphatic rings. The number of nitrogens with zero attached hydrogens (tertiary/aromatic N) is 4. The highest BCUT2D eigenvalue weighted by molar-refractivity contribution is 6.32. The zero-order valence-corrected chi connectivity index (χ0v) is 15.1. The molecule has 0 spiro atoms. The van der Waals surface area contributed by atoms with E-state index in [1.807, 2.05) is 0 Å². The summed E-state index contributed by atoms with van der Waals surface area (Å²) in [7, 11) is 0. The molecule has 0 aromatic carbocycles. The van der Waals surface area contributed by atoms with E-state index in [-0.39, 0.29) is 29.8 Å². The first-order valence-corrected chi connectivity index (χ1v) is 8.79. The van der Waals surface area contributed by atoms with Gasteiger partial charge in [-0.15, -0.1) is 0 Å². The number of carbonyl (C=O) groups is 1. The molecule has 1 fully saturated rings. The molecule has 6 nitrogen and oxygen atoms in total. The molecule has 1 aliphatic carbocycles. The van der Waals surface area contributed by atoms with Crippen molar-refractivity contribution in [3.05, 3.63) is 33.8 Å². The first-order chi connectivity index (χ1) is 12.3. The minimum absolute atomic E-state index is 0.00882. The number of hydrogen-bond donors (Lipinski definition) is 1. The van der Waals surface area contributed by atoms with Gasteiger partial charge in [0.1, 0.15) is 0 Å². The lowest BCUT2D eigenvalue weighted by Crippen LogP contribution is -2.28. The number of rotatable bonds is 7.